The third-order valence-corrected chi connectivity index (χ3v) is 14.0. The molecule has 0 spiro atoms. The van der Waals surface area contributed by atoms with Gasteiger partial charge in [0.2, 0.25) is 12.7 Å². The number of anilines is 2. The van der Waals surface area contributed by atoms with Crippen molar-refractivity contribution in [2.75, 3.05) is 69.5 Å². The molecule has 2 amide bonds. The van der Waals surface area contributed by atoms with Crippen molar-refractivity contribution < 1.29 is 37.0 Å². The number of H-pyrrole nitrogens is 1. The molecule has 3 N–H and O–H groups in total. The van der Waals surface area contributed by atoms with Gasteiger partial charge >= 0.3 is 0 Å². The van der Waals surface area contributed by atoms with Crippen molar-refractivity contribution >= 4 is 49.9 Å². The first-order valence-electron chi connectivity index (χ1n) is 21.5. The van der Waals surface area contributed by atoms with Gasteiger partial charge in [0.25, 0.3) is 15.9 Å². The Morgan fingerprint density at radius 2 is 1.71 bits per heavy atom. The largest absolute Gasteiger partial charge is 0.455 e. The summed E-state index contributed by atoms with van der Waals surface area (Å²) in [6, 6.07) is 16.8. The van der Waals surface area contributed by atoms with Crippen LogP contribution < -0.4 is 29.1 Å². The van der Waals surface area contributed by atoms with Gasteiger partial charge in [-0.1, -0.05) is 0 Å². The van der Waals surface area contributed by atoms with E-state index in [9.17, 15) is 22.9 Å². The Hall–Kier alpha value is -6.24. The van der Waals surface area contributed by atoms with Crippen LogP contribution >= 0.6 is 0 Å². The highest BCUT2D eigenvalue weighted by Gasteiger charge is 2.40. The Morgan fingerprint density at radius 3 is 2.49 bits per heavy atom. The van der Waals surface area contributed by atoms with Crippen LogP contribution in [0, 0.1) is 16.7 Å². The average Bonchev–Trinajstić information content (AvgIpc) is 3.88. The summed E-state index contributed by atoms with van der Waals surface area (Å²) in [7, 11) is -4.45. The lowest BCUT2D eigenvalue weighted by molar-refractivity contribution is -0.136. The number of sulfonamides is 1. The zero-order chi connectivity index (χ0) is 43.1. The Bertz CT molecular complexity index is 2670. The molecule has 3 aromatic carbocycles. The molecular weight excluding hydrogens is 829 g/mol. The van der Waals surface area contributed by atoms with Gasteiger partial charge in [0.15, 0.2) is 11.5 Å². The van der Waals surface area contributed by atoms with E-state index in [4.69, 9.17) is 18.9 Å². The quantitative estimate of drug-likeness (QED) is 0.118. The van der Waals surface area contributed by atoms with Gasteiger partial charge in [-0.05, 0) is 109 Å². The summed E-state index contributed by atoms with van der Waals surface area (Å²) in [4.78, 5) is 53.2. The smallest absolute Gasteiger partial charge is 0.268 e. The van der Waals surface area contributed by atoms with Gasteiger partial charge in [0, 0.05) is 94.3 Å². The van der Waals surface area contributed by atoms with Gasteiger partial charge in [-0.25, -0.2) is 18.1 Å². The number of aromatic nitrogens is 2. The third-order valence-electron chi connectivity index (χ3n) is 12.7. The number of rotatable bonds is 13. The number of nitrogens with one attached hydrogen (secondary N) is 3. The van der Waals surface area contributed by atoms with E-state index in [0.717, 1.165) is 85.9 Å². The SMILES string of the molecule is O=Nc1cc(S(=O)(=O)NC(=O)c2ccc(N3CCN(CC4Cc5cc6c(cc5CN4C(=O)C4CC4)OCO6)CC3)cc2Oc2cnc3[nH]ccc3c2)ccc1NCC1CCOCC1. The molecule has 3 fully saturated rings. The molecule has 4 aliphatic heterocycles. The second-order valence-electron chi connectivity index (χ2n) is 16.9. The first-order valence-corrected chi connectivity index (χ1v) is 23.0. The second kappa shape index (κ2) is 17.1. The number of carbonyl (C=O) groups excluding carboxylic acids is 2. The maximum Gasteiger partial charge on any atom is 0.268 e. The fourth-order valence-electron chi connectivity index (χ4n) is 8.94. The number of piperazine rings is 1. The summed E-state index contributed by atoms with van der Waals surface area (Å²) in [5.41, 5.74) is 4.06. The summed E-state index contributed by atoms with van der Waals surface area (Å²) in [5.74, 6) is 1.75. The molecule has 18 heteroatoms. The van der Waals surface area contributed by atoms with Crippen LogP contribution in [0.5, 0.6) is 23.0 Å². The van der Waals surface area contributed by atoms with Crippen LogP contribution in [0.2, 0.25) is 0 Å². The normalized spacial score (nSPS) is 19.1. The minimum absolute atomic E-state index is 0.0146. The Kier molecular flexibility index (Phi) is 11.1. The Balaban J connectivity index is 0.848. The molecule has 328 valence electrons. The number of nitrogens with zero attached hydrogens (tertiary/aromatic N) is 5. The van der Waals surface area contributed by atoms with Gasteiger partial charge in [-0.15, -0.1) is 4.91 Å². The number of benzene rings is 3. The standard InChI is InChI=1S/C45H48N8O9S/c54-44(50-63(57,58)36-4-6-38(39(22-36)49-56)47-23-28-8-15-59-16-9-28)37-5-3-33(21-40(37)62-35-18-30-7-10-46-43(30)48-24-35)52-13-11-51(12-14-52)26-34-17-31-19-41-42(61-27-60-41)20-32(31)25-53(34)45(55)29-1-2-29/h3-7,10,18-22,24,28-29,34,47H,1-2,8-9,11-17,23,25-27H2,(H,46,48)(H,50,54). The summed E-state index contributed by atoms with van der Waals surface area (Å²) in [6.45, 7) is 6.23. The van der Waals surface area contributed by atoms with Gasteiger partial charge in [0.1, 0.15) is 22.8 Å². The number of nitroso groups, excluding NO2 is 1. The number of hydrogen-bond donors (Lipinski definition) is 3. The van der Waals surface area contributed by atoms with E-state index >= 15 is 0 Å². The summed E-state index contributed by atoms with van der Waals surface area (Å²) >= 11 is 0. The monoisotopic (exact) mass is 876 g/mol. The first kappa shape index (κ1) is 40.8. The van der Waals surface area contributed by atoms with E-state index in [-0.39, 0.29) is 46.6 Å². The van der Waals surface area contributed by atoms with Crippen molar-refractivity contribution in [3.63, 3.8) is 0 Å². The molecule has 2 aromatic heterocycles. The Labute approximate surface area is 364 Å². The number of amides is 2. The molecular formula is C45H48N8O9S. The highest BCUT2D eigenvalue weighted by atomic mass is 32.2. The lowest BCUT2D eigenvalue weighted by atomic mass is 9.92. The van der Waals surface area contributed by atoms with Crippen LogP contribution in [0.4, 0.5) is 17.1 Å². The molecule has 17 nitrogen and oxygen atoms in total. The van der Waals surface area contributed by atoms with E-state index in [1.165, 1.54) is 23.9 Å². The van der Waals surface area contributed by atoms with E-state index in [1.807, 2.05) is 12.1 Å². The van der Waals surface area contributed by atoms with Gasteiger partial charge in [-0.2, -0.15) is 0 Å². The van der Waals surface area contributed by atoms with Crippen LogP contribution in [0.3, 0.4) is 0 Å². The van der Waals surface area contributed by atoms with Crippen LogP contribution in [-0.2, 0) is 32.5 Å². The fraction of sp³-hybridized carbons (Fsp3) is 0.400. The highest BCUT2D eigenvalue weighted by molar-refractivity contribution is 7.90. The molecule has 10 rings (SSSR count). The lowest BCUT2D eigenvalue weighted by Gasteiger charge is -2.42. The molecule has 2 saturated heterocycles. The van der Waals surface area contributed by atoms with Crippen molar-refractivity contribution in [1.29, 1.82) is 0 Å². The van der Waals surface area contributed by atoms with Gasteiger partial charge in [0.05, 0.1) is 22.3 Å². The zero-order valence-electron chi connectivity index (χ0n) is 34.6. The predicted molar refractivity (Wildman–Crippen MR) is 233 cm³/mol. The molecule has 5 aliphatic rings. The molecule has 0 radical (unpaired) electrons. The molecule has 1 unspecified atom stereocenters. The number of pyridine rings is 1. The highest BCUT2D eigenvalue weighted by Crippen LogP contribution is 2.40. The molecule has 6 heterocycles. The van der Waals surface area contributed by atoms with E-state index in [0.29, 0.717) is 62.4 Å². The topological polar surface area (TPSA) is 197 Å². The van der Waals surface area contributed by atoms with Gasteiger partial charge in [-0.3, -0.25) is 14.5 Å². The average molecular weight is 877 g/mol. The summed E-state index contributed by atoms with van der Waals surface area (Å²) < 4.78 is 52.6. The van der Waals surface area contributed by atoms with Crippen LogP contribution in [-0.4, -0.2) is 105 Å². The molecule has 0 bridgehead atoms. The van der Waals surface area contributed by atoms with E-state index in [1.54, 1.807) is 30.5 Å². The molecule has 1 aliphatic carbocycles. The van der Waals surface area contributed by atoms with Crippen molar-refractivity contribution in [3.05, 3.63) is 94.7 Å². The van der Waals surface area contributed by atoms with Crippen molar-refractivity contribution in [1.82, 2.24) is 24.5 Å². The number of carbonyl (C=O) groups is 2. The predicted octanol–water partition coefficient (Wildman–Crippen LogP) is 5.92. The molecule has 1 saturated carbocycles. The van der Waals surface area contributed by atoms with Crippen molar-refractivity contribution in [3.8, 4) is 23.0 Å². The maximum atomic E-state index is 13.9. The molecule has 63 heavy (non-hydrogen) atoms. The van der Waals surface area contributed by atoms with Crippen molar-refractivity contribution in [2.24, 2.45) is 17.0 Å². The lowest BCUT2D eigenvalue weighted by Crippen LogP contribution is -2.54. The number of hydrogen-bond acceptors (Lipinski definition) is 14. The fourth-order valence-corrected chi connectivity index (χ4v) is 9.92. The Morgan fingerprint density at radius 1 is 0.921 bits per heavy atom. The minimum atomic E-state index is -4.45. The summed E-state index contributed by atoms with van der Waals surface area (Å²) in [5, 5.41) is 7.08. The minimum Gasteiger partial charge on any atom is -0.455 e. The van der Waals surface area contributed by atoms with E-state index < -0.39 is 15.9 Å². The third kappa shape index (κ3) is 8.74. The number of aromatic amines is 1. The maximum absolute atomic E-state index is 13.9. The number of ether oxygens (including phenoxy) is 4. The molecule has 5 aromatic rings. The second-order valence-corrected chi connectivity index (χ2v) is 18.6. The van der Waals surface area contributed by atoms with Gasteiger partial charge < -0.3 is 39.0 Å². The van der Waals surface area contributed by atoms with Crippen molar-refractivity contribution in [2.45, 2.75) is 49.6 Å². The zero-order valence-corrected chi connectivity index (χ0v) is 35.4. The number of fused-ring (bicyclic) bond motifs is 3. The van der Waals surface area contributed by atoms with E-state index in [2.05, 4.69) is 45.9 Å². The summed E-state index contributed by atoms with van der Waals surface area (Å²) in [6.07, 6.45) is 7.67. The molecule has 1 atom stereocenters. The first-order chi connectivity index (χ1) is 30.7. The van der Waals surface area contributed by atoms with Crippen LogP contribution in [0.25, 0.3) is 11.0 Å². The van der Waals surface area contributed by atoms with Crippen LogP contribution in [0.15, 0.2) is 83.1 Å². The van der Waals surface area contributed by atoms with Crippen LogP contribution in [0.1, 0.15) is 47.2 Å².